The summed E-state index contributed by atoms with van der Waals surface area (Å²) < 4.78 is 30.4. The van der Waals surface area contributed by atoms with Gasteiger partial charge in [0.15, 0.2) is 9.84 Å². The van der Waals surface area contributed by atoms with Crippen molar-refractivity contribution in [2.75, 3.05) is 23.7 Å². The zero-order valence-corrected chi connectivity index (χ0v) is 18.2. The molecule has 2 aromatic rings. The third-order valence-corrected chi connectivity index (χ3v) is 7.92. The number of carbonyl (C=O) groups excluding carboxylic acids is 1. The molecule has 0 unspecified atom stereocenters. The summed E-state index contributed by atoms with van der Waals surface area (Å²) in [5.74, 6) is 0.0932. The quantitative estimate of drug-likeness (QED) is 0.667. The molecule has 1 atom stereocenters. The number of sulfone groups is 1. The second kappa shape index (κ2) is 8.88. The van der Waals surface area contributed by atoms with Gasteiger partial charge in [-0.25, -0.2) is 18.3 Å². The lowest BCUT2D eigenvalue weighted by Gasteiger charge is -2.35. The van der Waals surface area contributed by atoms with Gasteiger partial charge in [0.25, 0.3) is 5.56 Å². The van der Waals surface area contributed by atoms with E-state index >= 15 is 0 Å². The molecule has 2 fully saturated rings. The van der Waals surface area contributed by atoms with Gasteiger partial charge in [-0.3, -0.25) is 4.79 Å². The molecule has 2 N–H and O–H groups in total. The lowest BCUT2D eigenvalue weighted by Crippen LogP contribution is -2.47. The van der Waals surface area contributed by atoms with Gasteiger partial charge in [-0.1, -0.05) is 29.8 Å². The summed E-state index contributed by atoms with van der Waals surface area (Å²) >= 11 is 6.03. The predicted molar refractivity (Wildman–Crippen MR) is 115 cm³/mol. The van der Waals surface area contributed by atoms with E-state index in [2.05, 4.69) is 15.5 Å². The van der Waals surface area contributed by atoms with E-state index in [0.29, 0.717) is 42.9 Å². The standard InChI is InChI=1S/C20H23ClN4O5S/c21-18-17(10-22-24-19(18)26)25-7-6-15(11-25)30-20(27)23-14-8-13(9-14)12-31(28,29)16-4-2-1-3-5-16/h1-5,10,13-15H,6-9,11-12H2,(H,23,27)(H,24,26)/t13?,14?,15-/m1/s1. The Balaban J connectivity index is 1.21. The molecule has 2 aliphatic rings. The Morgan fingerprint density at radius 2 is 2.03 bits per heavy atom. The number of H-pyrrole nitrogens is 1. The number of carbonyl (C=O) groups is 1. The minimum absolute atomic E-state index is 0.0169. The fraction of sp³-hybridized carbons (Fsp3) is 0.450. The molecule has 1 aromatic heterocycles. The summed E-state index contributed by atoms with van der Waals surface area (Å²) in [6.07, 6.45) is 2.45. The normalized spacial score (nSPS) is 23.3. The highest BCUT2D eigenvalue weighted by molar-refractivity contribution is 7.91. The predicted octanol–water partition coefficient (Wildman–Crippen LogP) is 1.98. The van der Waals surface area contributed by atoms with Gasteiger partial charge in [0.2, 0.25) is 0 Å². The number of rotatable bonds is 6. The highest BCUT2D eigenvalue weighted by Crippen LogP contribution is 2.31. The SMILES string of the molecule is O=C(NC1CC(CS(=O)(=O)c2ccccc2)C1)O[C@@H]1CCN(c2cn[nH]c(=O)c2Cl)C1. The van der Waals surface area contributed by atoms with Gasteiger partial charge in [-0.05, 0) is 30.9 Å². The first-order chi connectivity index (χ1) is 14.8. The largest absolute Gasteiger partial charge is 0.444 e. The van der Waals surface area contributed by atoms with Crippen LogP contribution in [0.1, 0.15) is 19.3 Å². The van der Waals surface area contributed by atoms with Crippen LogP contribution < -0.4 is 15.8 Å². The smallest absolute Gasteiger partial charge is 0.407 e. The van der Waals surface area contributed by atoms with E-state index in [1.165, 1.54) is 6.20 Å². The first-order valence-corrected chi connectivity index (χ1v) is 12.1. The summed E-state index contributed by atoms with van der Waals surface area (Å²) in [6, 6.07) is 8.30. The van der Waals surface area contributed by atoms with Gasteiger partial charge >= 0.3 is 6.09 Å². The fourth-order valence-corrected chi connectivity index (χ4v) is 5.88. The van der Waals surface area contributed by atoms with E-state index in [1.807, 2.05) is 4.90 Å². The summed E-state index contributed by atoms with van der Waals surface area (Å²) in [4.78, 5) is 26.0. The van der Waals surface area contributed by atoms with E-state index in [0.717, 1.165) is 0 Å². The average Bonchev–Trinajstić information content (AvgIpc) is 3.17. The van der Waals surface area contributed by atoms with Crippen molar-refractivity contribution in [3.05, 3.63) is 51.9 Å². The molecule has 0 spiro atoms. The molecule has 11 heteroatoms. The summed E-state index contributed by atoms with van der Waals surface area (Å²) in [7, 11) is -3.32. The number of nitrogens with one attached hydrogen (secondary N) is 2. The van der Waals surface area contributed by atoms with E-state index in [-0.39, 0.29) is 28.8 Å². The molecular weight excluding hydrogens is 444 g/mol. The number of anilines is 1. The number of aromatic nitrogens is 2. The van der Waals surface area contributed by atoms with E-state index in [1.54, 1.807) is 30.3 Å². The molecule has 1 saturated carbocycles. The Morgan fingerprint density at radius 1 is 1.29 bits per heavy atom. The van der Waals surface area contributed by atoms with Crippen LogP contribution in [-0.2, 0) is 14.6 Å². The first-order valence-electron chi connectivity index (χ1n) is 10.0. The number of halogens is 1. The summed E-state index contributed by atoms with van der Waals surface area (Å²) in [6.45, 7) is 1.01. The average molecular weight is 467 g/mol. The van der Waals surface area contributed by atoms with Crippen molar-refractivity contribution < 1.29 is 17.9 Å². The third-order valence-electron chi connectivity index (χ3n) is 5.65. The van der Waals surface area contributed by atoms with Crippen LogP contribution in [0, 0.1) is 5.92 Å². The van der Waals surface area contributed by atoms with Gasteiger partial charge in [0.05, 0.1) is 29.1 Å². The Hall–Kier alpha value is -2.59. The molecule has 9 nitrogen and oxygen atoms in total. The van der Waals surface area contributed by atoms with Gasteiger partial charge < -0.3 is 15.0 Å². The van der Waals surface area contributed by atoms with Crippen molar-refractivity contribution >= 4 is 33.2 Å². The molecule has 0 radical (unpaired) electrons. The number of amides is 1. The summed E-state index contributed by atoms with van der Waals surface area (Å²) in [5, 5.41) is 8.90. The minimum atomic E-state index is -3.32. The Labute approximate surface area is 184 Å². The lowest BCUT2D eigenvalue weighted by molar-refractivity contribution is 0.0965. The molecule has 2 heterocycles. The molecule has 4 rings (SSSR count). The van der Waals surface area contributed by atoms with Crippen LogP contribution in [0.4, 0.5) is 10.5 Å². The van der Waals surface area contributed by atoms with Gasteiger partial charge in [0.1, 0.15) is 11.1 Å². The van der Waals surface area contributed by atoms with Crippen molar-refractivity contribution in [3.63, 3.8) is 0 Å². The molecular formula is C20H23ClN4O5S. The topological polar surface area (TPSA) is 121 Å². The minimum Gasteiger partial charge on any atom is -0.444 e. The van der Waals surface area contributed by atoms with Crippen molar-refractivity contribution in [2.45, 2.75) is 36.3 Å². The number of aromatic amines is 1. The fourth-order valence-electron chi connectivity index (χ4n) is 4.01. The van der Waals surface area contributed by atoms with Gasteiger partial charge in [-0.15, -0.1) is 0 Å². The monoisotopic (exact) mass is 466 g/mol. The summed E-state index contributed by atoms with van der Waals surface area (Å²) in [5.41, 5.74) is 0.0495. The maximum absolute atomic E-state index is 12.4. The highest BCUT2D eigenvalue weighted by Gasteiger charge is 2.35. The van der Waals surface area contributed by atoms with Crippen LogP contribution in [0.25, 0.3) is 0 Å². The number of hydrogen-bond acceptors (Lipinski definition) is 7. The maximum Gasteiger partial charge on any atom is 0.407 e. The molecule has 166 valence electrons. The molecule has 1 aromatic carbocycles. The van der Waals surface area contributed by atoms with E-state index in [9.17, 15) is 18.0 Å². The lowest BCUT2D eigenvalue weighted by atomic mass is 9.82. The number of hydrogen-bond donors (Lipinski definition) is 2. The Bertz CT molecular complexity index is 1100. The molecule has 1 aliphatic carbocycles. The Kier molecular flexibility index (Phi) is 6.19. The van der Waals surface area contributed by atoms with Crippen LogP contribution in [-0.4, -0.2) is 55.7 Å². The Morgan fingerprint density at radius 3 is 2.77 bits per heavy atom. The second-order valence-corrected chi connectivity index (χ2v) is 10.3. The number of alkyl carbamates (subject to hydrolysis) is 1. The van der Waals surface area contributed by atoms with Crippen molar-refractivity contribution in [3.8, 4) is 0 Å². The molecule has 1 amide bonds. The van der Waals surface area contributed by atoms with Crippen LogP contribution in [0.5, 0.6) is 0 Å². The van der Waals surface area contributed by atoms with Crippen LogP contribution in [0.15, 0.2) is 46.2 Å². The maximum atomic E-state index is 12.4. The van der Waals surface area contributed by atoms with Crippen LogP contribution >= 0.6 is 11.6 Å². The van der Waals surface area contributed by atoms with Crippen molar-refractivity contribution in [1.29, 1.82) is 0 Å². The zero-order chi connectivity index (χ0) is 22.0. The molecule has 31 heavy (non-hydrogen) atoms. The van der Waals surface area contributed by atoms with Crippen molar-refractivity contribution in [2.24, 2.45) is 5.92 Å². The van der Waals surface area contributed by atoms with Crippen molar-refractivity contribution in [1.82, 2.24) is 15.5 Å². The van der Waals surface area contributed by atoms with E-state index in [4.69, 9.17) is 16.3 Å². The first kappa shape index (κ1) is 21.6. The number of benzene rings is 1. The van der Waals surface area contributed by atoms with E-state index < -0.39 is 21.5 Å². The molecule has 1 aliphatic heterocycles. The van der Waals surface area contributed by atoms with Gasteiger partial charge in [-0.2, -0.15) is 5.10 Å². The second-order valence-electron chi connectivity index (χ2n) is 7.93. The zero-order valence-electron chi connectivity index (χ0n) is 16.7. The number of nitrogens with zero attached hydrogens (tertiary/aromatic N) is 2. The van der Waals surface area contributed by atoms with Gasteiger partial charge in [0, 0.05) is 19.0 Å². The highest BCUT2D eigenvalue weighted by atomic mass is 35.5. The molecule has 1 saturated heterocycles. The third kappa shape index (κ3) is 5.01. The molecule has 0 bridgehead atoms. The van der Waals surface area contributed by atoms with Crippen LogP contribution in [0.3, 0.4) is 0 Å². The number of ether oxygens (including phenoxy) is 1. The van der Waals surface area contributed by atoms with Crippen LogP contribution in [0.2, 0.25) is 5.02 Å².